The van der Waals surface area contributed by atoms with Crippen LogP contribution in [0.2, 0.25) is 5.02 Å². The van der Waals surface area contributed by atoms with E-state index in [-0.39, 0.29) is 16.2 Å². The number of hydrogen-bond donors (Lipinski definition) is 2. The molecule has 130 valence electrons. The predicted octanol–water partition coefficient (Wildman–Crippen LogP) is 2.60. The highest BCUT2D eigenvalue weighted by atomic mass is 35.5. The Morgan fingerprint density at radius 2 is 1.80 bits per heavy atom. The summed E-state index contributed by atoms with van der Waals surface area (Å²) in [5.41, 5.74) is 0.938. The third-order valence-electron chi connectivity index (χ3n) is 3.14. The Labute approximate surface area is 149 Å². The Bertz CT molecular complexity index is 920. The van der Waals surface area contributed by atoms with E-state index < -0.39 is 22.5 Å². The maximum Gasteiger partial charge on any atom is 0.318 e. The summed E-state index contributed by atoms with van der Waals surface area (Å²) in [6.45, 7) is -0.739. The van der Waals surface area contributed by atoms with E-state index in [4.69, 9.17) is 16.7 Å². The van der Waals surface area contributed by atoms with Gasteiger partial charge in [-0.2, -0.15) is 4.72 Å². The minimum absolute atomic E-state index is 0.170. The van der Waals surface area contributed by atoms with Crippen molar-refractivity contribution in [2.75, 3.05) is 6.54 Å². The smallest absolute Gasteiger partial charge is 0.318 e. The van der Waals surface area contributed by atoms with Crippen molar-refractivity contribution in [2.45, 2.75) is 4.90 Å². The van der Waals surface area contributed by atoms with Crippen molar-refractivity contribution < 1.29 is 23.1 Å². The first-order valence-corrected chi connectivity index (χ1v) is 8.93. The van der Waals surface area contributed by atoms with Crippen molar-refractivity contribution in [3.05, 3.63) is 70.8 Å². The molecule has 0 unspecified atom stereocenters. The van der Waals surface area contributed by atoms with Gasteiger partial charge in [0.05, 0.1) is 4.90 Å². The zero-order chi connectivity index (χ0) is 18.4. The normalized spacial score (nSPS) is 11.6. The number of ketones is 1. The van der Waals surface area contributed by atoms with Gasteiger partial charge in [-0.25, -0.2) is 8.42 Å². The Hall–Kier alpha value is -2.48. The lowest BCUT2D eigenvalue weighted by atomic mass is 10.1. The number of nitrogens with one attached hydrogen (secondary N) is 1. The molecule has 0 aromatic heterocycles. The first-order chi connectivity index (χ1) is 11.8. The fraction of sp³-hybridized carbons (Fsp3) is 0.0588. The van der Waals surface area contributed by atoms with Gasteiger partial charge in [0.15, 0.2) is 5.78 Å². The Kier molecular flexibility index (Phi) is 6.08. The molecular weight excluding hydrogens is 366 g/mol. The van der Waals surface area contributed by atoms with E-state index in [1.807, 2.05) is 4.72 Å². The zero-order valence-corrected chi connectivity index (χ0v) is 14.4. The van der Waals surface area contributed by atoms with Crippen molar-refractivity contribution >= 4 is 39.5 Å². The molecule has 0 saturated carbocycles. The van der Waals surface area contributed by atoms with Crippen LogP contribution in [0.5, 0.6) is 0 Å². The maximum absolute atomic E-state index is 12.2. The molecule has 6 nitrogen and oxygen atoms in total. The van der Waals surface area contributed by atoms with Crippen LogP contribution in [0.25, 0.3) is 6.08 Å². The van der Waals surface area contributed by atoms with Crippen molar-refractivity contribution in [1.29, 1.82) is 0 Å². The molecular formula is C17H14ClNO5S. The van der Waals surface area contributed by atoms with Crippen LogP contribution in [-0.2, 0) is 14.8 Å². The predicted molar refractivity (Wildman–Crippen MR) is 94.1 cm³/mol. The molecule has 2 aromatic rings. The van der Waals surface area contributed by atoms with Crippen LogP contribution in [0.1, 0.15) is 15.9 Å². The van der Waals surface area contributed by atoms with Crippen LogP contribution in [0.4, 0.5) is 0 Å². The van der Waals surface area contributed by atoms with E-state index in [2.05, 4.69) is 0 Å². The van der Waals surface area contributed by atoms with Gasteiger partial charge in [-0.1, -0.05) is 41.9 Å². The number of allylic oxidation sites excluding steroid dienone is 1. The minimum Gasteiger partial charge on any atom is -0.480 e. The molecule has 0 atom stereocenters. The number of carboxylic acids is 1. The Morgan fingerprint density at radius 3 is 2.44 bits per heavy atom. The molecule has 2 rings (SSSR count). The van der Waals surface area contributed by atoms with Crippen LogP contribution in [0, 0.1) is 0 Å². The third kappa shape index (κ3) is 5.53. The topological polar surface area (TPSA) is 101 Å². The quantitative estimate of drug-likeness (QED) is 0.569. The summed E-state index contributed by atoms with van der Waals surface area (Å²) >= 11 is 5.79. The molecule has 0 bridgehead atoms. The monoisotopic (exact) mass is 379 g/mol. The molecule has 8 heteroatoms. The number of aliphatic carboxylic acids is 1. The average molecular weight is 380 g/mol. The van der Waals surface area contributed by atoms with Gasteiger partial charge in [0.1, 0.15) is 6.54 Å². The van der Waals surface area contributed by atoms with Crippen LogP contribution in [0.15, 0.2) is 59.5 Å². The number of carbonyl (C=O) groups is 2. The highest BCUT2D eigenvalue weighted by molar-refractivity contribution is 7.89. The zero-order valence-electron chi connectivity index (χ0n) is 12.8. The van der Waals surface area contributed by atoms with Gasteiger partial charge in [-0.05, 0) is 35.9 Å². The number of sulfonamides is 1. The molecule has 0 amide bonds. The summed E-state index contributed by atoms with van der Waals surface area (Å²) < 4.78 is 25.9. The molecule has 0 heterocycles. The minimum atomic E-state index is -4.01. The SMILES string of the molecule is O=C(O)CNS(=O)(=O)c1cccc(C(=O)C=Cc2ccc(Cl)cc2)c1. The summed E-state index contributed by atoms with van der Waals surface area (Å²) in [6, 6.07) is 12.2. The first-order valence-electron chi connectivity index (χ1n) is 7.07. The lowest BCUT2D eigenvalue weighted by molar-refractivity contribution is -0.135. The van der Waals surface area contributed by atoms with Gasteiger partial charge >= 0.3 is 5.97 Å². The van der Waals surface area contributed by atoms with Crippen molar-refractivity contribution in [3.63, 3.8) is 0 Å². The highest BCUT2D eigenvalue weighted by Crippen LogP contribution is 2.14. The lowest BCUT2D eigenvalue weighted by Crippen LogP contribution is -2.29. The fourth-order valence-corrected chi connectivity index (χ4v) is 3.04. The average Bonchev–Trinajstić information content (AvgIpc) is 2.59. The number of benzene rings is 2. The Balaban J connectivity index is 2.18. The van der Waals surface area contributed by atoms with E-state index in [1.165, 1.54) is 30.3 Å². The van der Waals surface area contributed by atoms with Crippen molar-refractivity contribution in [2.24, 2.45) is 0 Å². The molecule has 0 aliphatic carbocycles. The van der Waals surface area contributed by atoms with Gasteiger partial charge in [0.2, 0.25) is 10.0 Å². The van der Waals surface area contributed by atoms with Crippen LogP contribution < -0.4 is 4.72 Å². The summed E-state index contributed by atoms with van der Waals surface area (Å²) in [6.07, 6.45) is 2.90. The van der Waals surface area contributed by atoms with E-state index >= 15 is 0 Å². The second kappa shape index (κ2) is 8.06. The highest BCUT2D eigenvalue weighted by Gasteiger charge is 2.16. The Morgan fingerprint density at radius 1 is 1.12 bits per heavy atom. The second-order valence-corrected chi connectivity index (χ2v) is 7.20. The van der Waals surface area contributed by atoms with E-state index in [0.717, 1.165) is 5.56 Å². The molecule has 2 N–H and O–H groups in total. The van der Waals surface area contributed by atoms with Gasteiger partial charge in [0, 0.05) is 10.6 Å². The lowest BCUT2D eigenvalue weighted by Gasteiger charge is -2.05. The second-order valence-electron chi connectivity index (χ2n) is 5.00. The van der Waals surface area contributed by atoms with Gasteiger partial charge in [0.25, 0.3) is 0 Å². The van der Waals surface area contributed by atoms with E-state index in [9.17, 15) is 18.0 Å². The molecule has 0 saturated heterocycles. The summed E-state index contributed by atoms with van der Waals surface area (Å²) in [7, 11) is -4.01. The number of rotatable bonds is 7. The van der Waals surface area contributed by atoms with Crippen molar-refractivity contribution in [3.8, 4) is 0 Å². The maximum atomic E-state index is 12.2. The number of halogens is 1. The van der Waals surface area contributed by atoms with Crippen LogP contribution in [0.3, 0.4) is 0 Å². The number of carboxylic acid groups (broad SMARTS) is 1. The van der Waals surface area contributed by atoms with E-state index in [0.29, 0.717) is 5.02 Å². The van der Waals surface area contributed by atoms with Crippen molar-refractivity contribution in [1.82, 2.24) is 4.72 Å². The molecule has 0 radical (unpaired) electrons. The molecule has 0 spiro atoms. The summed E-state index contributed by atoms with van der Waals surface area (Å²) in [5.74, 6) is -1.69. The summed E-state index contributed by atoms with van der Waals surface area (Å²) in [4.78, 5) is 22.5. The molecule has 0 aliphatic heterocycles. The van der Waals surface area contributed by atoms with Gasteiger partial charge in [-0.3, -0.25) is 9.59 Å². The molecule has 2 aromatic carbocycles. The van der Waals surface area contributed by atoms with Crippen LogP contribution >= 0.6 is 11.6 Å². The summed E-state index contributed by atoms with van der Waals surface area (Å²) in [5, 5.41) is 9.14. The molecule has 0 fully saturated rings. The van der Waals surface area contributed by atoms with Gasteiger partial charge in [-0.15, -0.1) is 0 Å². The number of carbonyl (C=O) groups excluding carboxylic acids is 1. The largest absolute Gasteiger partial charge is 0.480 e. The molecule has 25 heavy (non-hydrogen) atoms. The number of hydrogen-bond acceptors (Lipinski definition) is 4. The van der Waals surface area contributed by atoms with Crippen LogP contribution in [-0.4, -0.2) is 31.8 Å². The first kappa shape index (κ1) is 18.9. The fourth-order valence-electron chi connectivity index (χ4n) is 1.90. The molecule has 0 aliphatic rings. The van der Waals surface area contributed by atoms with Gasteiger partial charge < -0.3 is 5.11 Å². The van der Waals surface area contributed by atoms with E-state index in [1.54, 1.807) is 30.3 Å². The standard InChI is InChI=1S/C17H14ClNO5S/c18-14-7-4-12(5-8-14)6-9-16(20)13-2-1-3-15(10-13)25(23,24)19-11-17(21)22/h1-10,19H,11H2,(H,21,22). The third-order valence-corrected chi connectivity index (χ3v) is 4.79.